The fourth-order valence-corrected chi connectivity index (χ4v) is 3.09. The van der Waals surface area contributed by atoms with Gasteiger partial charge in [-0.15, -0.1) is 0 Å². The molecule has 0 aliphatic carbocycles. The minimum Gasteiger partial charge on any atom is -0.465 e. The number of nitrogens with zero attached hydrogens (tertiary/aromatic N) is 3. The van der Waals surface area contributed by atoms with E-state index >= 15 is 0 Å². The Balaban J connectivity index is 1.92. The van der Waals surface area contributed by atoms with E-state index < -0.39 is 30.0 Å². The Kier molecular flexibility index (Phi) is 6.23. The van der Waals surface area contributed by atoms with Crippen molar-refractivity contribution in [1.82, 2.24) is 9.88 Å². The number of alkyl halides is 4. The second kappa shape index (κ2) is 8.68. The van der Waals surface area contributed by atoms with Gasteiger partial charge in [0.15, 0.2) is 0 Å². The van der Waals surface area contributed by atoms with Gasteiger partial charge in [-0.05, 0) is 36.2 Å². The number of halogens is 4. The maximum atomic E-state index is 13.6. The minimum atomic E-state index is -4.68. The fourth-order valence-electron chi connectivity index (χ4n) is 3.09. The molecule has 2 aromatic rings. The molecule has 2 heterocycles. The van der Waals surface area contributed by atoms with E-state index in [1.165, 1.54) is 30.2 Å². The molecule has 0 spiro atoms. The van der Waals surface area contributed by atoms with Crippen LogP contribution in [0.1, 0.15) is 28.0 Å². The number of likely N-dealkylation sites (tertiary alicyclic amines) is 1. The highest BCUT2D eigenvalue weighted by Gasteiger charge is 2.35. The van der Waals surface area contributed by atoms with E-state index in [-0.39, 0.29) is 37.4 Å². The predicted octanol–water partition coefficient (Wildman–Crippen LogP) is 4.06. The van der Waals surface area contributed by atoms with Crippen molar-refractivity contribution in [2.75, 3.05) is 25.1 Å². The van der Waals surface area contributed by atoms with Gasteiger partial charge in [-0.25, -0.2) is 19.0 Å². The number of ether oxygens (including phenoxy) is 1. The van der Waals surface area contributed by atoms with Gasteiger partial charge in [0, 0.05) is 6.54 Å². The van der Waals surface area contributed by atoms with Gasteiger partial charge in [0.1, 0.15) is 17.7 Å². The lowest BCUT2D eigenvalue weighted by atomic mass is 10.1. The van der Waals surface area contributed by atoms with Gasteiger partial charge in [0.2, 0.25) is 0 Å². The molecule has 0 N–H and O–H groups in total. The van der Waals surface area contributed by atoms with Crippen molar-refractivity contribution in [3.05, 3.63) is 59.3 Å². The molecule has 1 aromatic carbocycles. The summed E-state index contributed by atoms with van der Waals surface area (Å²) in [6.45, 7) is -0.0750. The van der Waals surface area contributed by atoms with E-state index in [9.17, 15) is 27.2 Å². The van der Waals surface area contributed by atoms with Gasteiger partial charge in [0.25, 0.3) is 0 Å². The minimum absolute atomic E-state index is 0.109. The lowest BCUT2D eigenvalue weighted by Gasteiger charge is -2.27. The number of urea groups is 1. The summed E-state index contributed by atoms with van der Waals surface area (Å²) in [5.41, 5.74) is -0.300. The van der Waals surface area contributed by atoms with Crippen molar-refractivity contribution in [3.8, 4) is 0 Å². The zero-order valence-corrected chi connectivity index (χ0v) is 16.0. The van der Waals surface area contributed by atoms with Gasteiger partial charge in [-0.2, -0.15) is 13.2 Å². The highest BCUT2D eigenvalue weighted by atomic mass is 19.4. The first-order valence-electron chi connectivity index (χ1n) is 9.11. The van der Waals surface area contributed by atoms with E-state index in [0.29, 0.717) is 5.56 Å². The highest BCUT2D eigenvalue weighted by Crippen LogP contribution is 2.30. The number of esters is 1. The smallest absolute Gasteiger partial charge is 0.433 e. The van der Waals surface area contributed by atoms with Gasteiger partial charge < -0.3 is 9.64 Å². The quantitative estimate of drug-likeness (QED) is 0.548. The average molecular weight is 425 g/mol. The van der Waals surface area contributed by atoms with Gasteiger partial charge in [0.05, 0.1) is 25.8 Å². The van der Waals surface area contributed by atoms with Crippen molar-refractivity contribution in [2.45, 2.75) is 25.3 Å². The number of methoxy groups -OCH3 is 1. The Morgan fingerprint density at radius 1 is 1.20 bits per heavy atom. The molecule has 1 aliphatic heterocycles. The molecule has 6 nitrogen and oxygen atoms in total. The summed E-state index contributed by atoms with van der Waals surface area (Å²) in [5.74, 6) is -0.741. The molecule has 2 amide bonds. The van der Waals surface area contributed by atoms with Gasteiger partial charge >= 0.3 is 18.2 Å². The normalized spacial score (nSPS) is 16.4. The molecule has 1 aromatic heterocycles. The van der Waals surface area contributed by atoms with Crippen molar-refractivity contribution < 1.29 is 31.9 Å². The number of pyridine rings is 1. The second-order valence-corrected chi connectivity index (χ2v) is 6.77. The van der Waals surface area contributed by atoms with Crippen molar-refractivity contribution >= 4 is 17.8 Å². The van der Waals surface area contributed by atoms with Crippen LogP contribution in [0.5, 0.6) is 0 Å². The van der Waals surface area contributed by atoms with Crippen LogP contribution >= 0.6 is 0 Å². The molecule has 0 saturated carbocycles. The molecule has 160 valence electrons. The third-order valence-corrected chi connectivity index (χ3v) is 4.65. The van der Waals surface area contributed by atoms with Crippen LogP contribution in [0.15, 0.2) is 42.5 Å². The van der Waals surface area contributed by atoms with Crippen LogP contribution in [0.25, 0.3) is 0 Å². The number of aromatic nitrogens is 1. The molecule has 0 radical (unpaired) electrons. The Labute approximate surface area is 170 Å². The van der Waals surface area contributed by atoms with Crippen LogP contribution in [0.4, 0.5) is 28.2 Å². The van der Waals surface area contributed by atoms with Crippen LogP contribution in [-0.4, -0.2) is 48.3 Å². The van der Waals surface area contributed by atoms with Crippen LogP contribution in [0.3, 0.4) is 0 Å². The zero-order chi connectivity index (χ0) is 21.9. The Morgan fingerprint density at radius 3 is 2.47 bits per heavy atom. The summed E-state index contributed by atoms with van der Waals surface area (Å²) in [7, 11) is 1.24. The Morgan fingerprint density at radius 2 is 1.90 bits per heavy atom. The summed E-state index contributed by atoms with van der Waals surface area (Å²) in [4.78, 5) is 30.4. The van der Waals surface area contributed by atoms with Crippen LogP contribution in [0.2, 0.25) is 0 Å². The summed E-state index contributed by atoms with van der Waals surface area (Å²) in [5, 5.41) is 0. The molecular formula is C20H19F4N3O3. The highest BCUT2D eigenvalue weighted by molar-refractivity contribution is 5.91. The standard InChI is InChI=1S/C20H19F4N3O3/c1-30-18(28)14-7-5-13(6-8-14)11-27(19(29)26-10-9-15(21)12-26)17-4-2-3-16(25-17)20(22,23)24/h2-8,15H,9-12H2,1H3/t15-/m0/s1. The molecule has 1 fully saturated rings. The SMILES string of the molecule is COC(=O)c1ccc(CN(C(=O)N2CC[C@H](F)C2)c2cccc(C(F)(F)F)n2)cc1. The van der Waals surface area contributed by atoms with E-state index in [4.69, 9.17) is 0 Å². The van der Waals surface area contributed by atoms with Crippen molar-refractivity contribution in [1.29, 1.82) is 0 Å². The fraction of sp³-hybridized carbons (Fsp3) is 0.350. The second-order valence-electron chi connectivity index (χ2n) is 6.77. The number of amides is 2. The number of benzene rings is 1. The van der Waals surface area contributed by atoms with Crippen LogP contribution < -0.4 is 4.90 Å². The first-order chi connectivity index (χ1) is 14.2. The van der Waals surface area contributed by atoms with Gasteiger partial charge in [-0.1, -0.05) is 18.2 Å². The maximum Gasteiger partial charge on any atom is 0.433 e. The molecule has 30 heavy (non-hydrogen) atoms. The molecule has 3 rings (SSSR count). The topological polar surface area (TPSA) is 62.7 Å². The van der Waals surface area contributed by atoms with Crippen LogP contribution in [0, 0.1) is 0 Å². The number of anilines is 1. The molecule has 0 bridgehead atoms. The predicted molar refractivity (Wildman–Crippen MR) is 99.7 cm³/mol. The summed E-state index contributed by atoms with van der Waals surface area (Å²) in [6.07, 6.45) is -5.68. The van der Waals surface area contributed by atoms with Crippen molar-refractivity contribution in [2.24, 2.45) is 0 Å². The molecule has 10 heteroatoms. The molecule has 1 aliphatic rings. The first kappa shape index (κ1) is 21.5. The van der Waals surface area contributed by atoms with Crippen LogP contribution in [-0.2, 0) is 17.5 Å². The molecular weight excluding hydrogens is 406 g/mol. The van der Waals surface area contributed by atoms with Crippen molar-refractivity contribution in [3.63, 3.8) is 0 Å². The third kappa shape index (κ3) is 4.87. The molecule has 0 unspecified atom stereocenters. The number of hydrogen-bond acceptors (Lipinski definition) is 4. The lowest BCUT2D eigenvalue weighted by Crippen LogP contribution is -2.42. The zero-order valence-electron chi connectivity index (χ0n) is 16.0. The first-order valence-corrected chi connectivity index (χ1v) is 9.11. The Hall–Kier alpha value is -3.17. The van der Waals surface area contributed by atoms with E-state index in [0.717, 1.165) is 17.0 Å². The summed E-state index contributed by atoms with van der Waals surface area (Å²) in [6, 6.07) is 8.70. The number of carbonyl (C=O) groups excluding carboxylic acids is 2. The Bertz CT molecular complexity index is 918. The third-order valence-electron chi connectivity index (χ3n) is 4.65. The molecule has 1 atom stereocenters. The number of rotatable bonds is 4. The number of hydrogen-bond donors (Lipinski definition) is 0. The number of carbonyl (C=O) groups is 2. The average Bonchev–Trinajstić information content (AvgIpc) is 3.17. The van der Waals surface area contributed by atoms with E-state index in [1.807, 2.05) is 0 Å². The monoisotopic (exact) mass is 425 g/mol. The largest absolute Gasteiger partial charge is 0.465 e. The van der Waals surface area contributed by atoms with E-state index in [1.54, 1.807) is 12.1 Å². The summed E-state index contributed by atoms with van der Waals surface area (Å²) < 4.78 is 57.5. The lowest BCUT2D eigenvalue weighted by molar-refractivity contribution is -0.141. The van der Waals surface area contributed by atoms with E-state index in [2.05, 4.69) is 9.72 Å². The summed E-state index contributed by atoms with van der Waals surface area (Å²) >= 11 is 0. The molecule has 1 saturated heterocycles. The van der Waals surface area contributed by atoms with Gasteiger partial charge in [-0.3, -0.25) is 4.90 Å². The maximum absolute atomic E-state index is 13.6.